The molecule has 0 unspecified atom stereocenters. The van der Waals surface area contributed by atoms with Crippen LogP contribution in [0.4, 0.5) is 5.69 Å². The first-order chi connectivity index (χ1) is 8.49. The molecule has 1 N–H and O–H groups in total. The van der Waals surface area contributed by atoms with Crippen LogP contribution in [-0.4, -0.2) is 13.4 Å². The van der Waals surface area contributed by atoms with Crippen LogP contribution in [0.5, 0.6) is 0 Å². The van der Waals surface area contributed by atoms with Crippen LogP contribution in [0.15, 0.2) is 47.6 Å². The number of anilines is 1. The van der Waals surface area contributed by atoms with Gasteiger partial charge in [0.25, 0.3) is 10.0 Å². The predicted molar refractivity (Wildman–Crippen MR) is 71.5 cm³/mol. The molecule has 0 radical (unpaired) electrons. The summed E-state index contributed by atoms with van der Waals surface area (Å²) in [5.41, 5.74) is 0.268. The van der Waals surface area contributed by atoms with Crippen molar-refractivity contribution in [2.75, 3.05) is 4.72 Å². The SMILES string of the molecule is O=S(=O)(Nc1ccc(Cl)cc1Cl)c1cccnc1. The van der Waals surface area contributed by atoms with E-state index in [2.05, 4.69) is 9.71 Å². The number of nitrogens with zero attached hydrogens (tertiary/aromatic N) is 1. The number of nitrogens with one attached hydrogen (secondary N) is 1. The minimum absolute atomic E-state index is 0.0658. The van der Waals surface area contributed by atoms with Crippen molar-refractivity contribution < 1.29 is 8.42 Å². The minimum Gasteiger partial charge on any atom is -0.278 e. The number of halogens is 2. The number of hydrogen-bond donors (Lipinski definition) is 1. The Kier molecular flexibility index (Phi) is 3.75. The van der Waals surface area contributed by atoms with Gasteiger partial charge in [-0.3, -0.25) is 9.71 Å². The van der Waals surface area contributed by atoms with Crippen molar-refractivity contribution in [3.05, 3.63) is 52.8 Å². The summed E-state index contributed by atoms with van der Waals surface area (Å²) in [5, 5.41) is 0.666. The molecule has 4 nitrogen and oxygen atoms in total. The summed E-state index contributed by atoms with van der Waals surface area (Å²) in [7, 11) is -3.69. The first kappa shape index (κ1) is 13.1. The van der Waals surface area contributed by atoms with Gasteiger partial charge in [0.2, 0.25) is 0 Å². The third-order valence-corrected chi connectivity index (χ3v) is 4.02. The molecular formula is C11H8Cl2N2O2S. The standard InChI is InChI=1S/C11H8Cl2N2O2S/c12-8-3-4-11(10(13)6-8)15-18(16,17)9-2-1-5-14-7-9/h1-7,15H. The number of pyridine rings is 1. The second kappa shape index (κ2) is 5.14. The fourth-order valence-electron chi connectivity index (χ4n) is 1.28. The molecule has 0 aliphatic heterocycles. The van der Waals surface area contributed by atoms with E-state index >= 15 is 0 Å². The fourth-order valence-corrected chi connectivity index (χ4v) is 2.84. The largest absolute Gasteiger partial charge is 0.278 e. The van der Waals surface area contributed by atoms with E-state index in [9.17, 15) is 8.42 Å². The molecule has 7 heteroatoms. The first-order valence-corrected chi connectivity index (χ1v) is 7.11. The minimum atomic E-state index is -3.69. The highest BCUT2D eigenvalue weighted by molar-refractivity contribution is 7.92. The van der Waals surface area contributed by atoms with E-state index < -0.39 is 10.0 Å². The Morgan fingerprint density at radius 1 is 1.17 bits per heavy atom. The van der Waals surface area contributed by atoms with Crippen LogP contribution < -0.4 is 4.72 Å². The van der Waals surface area contributed by atoms with Crippen molar-refractivity contribution in [3.8, 4) is 0 Å². The summed E-state index contributed by atoms with van der Waals surface area (Å²) >= 11 is 11.6. The van der Waals surface area contributed by atoms with Gasteiger partial charge in [0, 0.05) is 17.4 Å². The fraction of sp³-hybridized carbons (Fsp3) is 0. The molecule has 0 bridgehead atoms. The Hall–Kier alpha value is -1.30. The lowest BCUT2D eigenvalue weighted by Crippen LogP contribution is -2.13. The Morgan fingerprint density at radius 2 is 1.94 bits per heavy atom. The number of aromatic nitrogens is 1. The molecule has 2 aromatic rings. The van der Waals surface area contributed by atoms with Gasteiger partial charge in [-0.2, -0.15) is 0 Å². The van der Waals surface area contributed by atoms with Crippen molar-refractivity contribution in [2.45, 2.75) is 4.90 Å². The summed E-state index contributed by atoms with van der Waals surface area (Å²) in [6, 6.07) is 7.49. The van der Waals surface area contributed by atoms with Crippen LogP contribution in [0.25, 0.3) is 0 Å². The summed E-state index contributed by atoms with van der Waals surface area (Å²) in [6.45, 7) is 0. The normalized spacial score (nSPS) is 11.2. The van der Waals surface area contributed by atoms with Crippen LogP contribution in [0, 0.1) is 0 Å². The van der Waals surface area contributed by atoms with Gasteiger partial charge in [-0.1, -0.05) is 23.2 Å². The molecule has 1 aromatic heterocycles. The first-order valence-electron chi connectivity index (χ1n) is 4.87. The Bertz CT molecular complexity index is 660. The van der Waals surface area contributed by atoms with Crippen molar-refractivity contribution >= 4 is 38.9 Å². The highest BCUT2D eigenvalue weighted by Crippen LogP contribution is 2.27. The van der Waals surface area contributed by atoms with Crippen molar-refractivity contribution in [2.24, 2.45) is 0 Å². The van der Waals surface area contributed by atoms with Gasteiger partial charge in [0.15, 0.2) is 0 Å². The van der Waals surface area contributed by atoms with Gasteiger partial charge in [-0.15, -0.1) is 0 Å². The molecule has 94 valence electrons. The van der Waals surface area contributed by atoms with Crippen molar-refractivity contribution in [1.29, 1.82) is 0 Å². The highest BCUT2D eigenvalue weighted by Gasteiger charge is 2.15. The molecule has 0 atom stereocenters. The zero-order valence-electron chi connectivity index (χ0n) is 8.97. The molecule has 0 aliphatic rings. The van der Waals surface area contributed by atoms with Crippen LogP contribution in [-0.2, 0) is 10.0 Å². The zero-order valence-corrected chi connectivity index (χ0v) is 11.3. The molecule has 0 amide bonds. The van der Waals surface area contributed by atoms with Gasteiger partial charge in [0.1, 0.15) is 4.90 Å². The molecule has 0 spiro atoms. The lowest BCUT2D eigenvalue weighted by atomic mass is 10.3. The van der Waals surface area contributed by atoms with E-state index in [1.807, 2.05) is 0 Å². The molecule has 2 rings (SSSR count). The molecule has 1 aromatic carbocycles. The van der Waals surface area contributed by atoms with Gasteiger partial charge in [0.05, 0.1) is 10.7 Å². The average molecular weight is 303 g/mol. The van der Waals surface area contributed by atoms with E-state index in [-0.39, 0.29) is 15.6 Å². The van der Waals surface area contributed by atoms with Gasteiger partial charge >= 0.3 is 0 Å². The maximum atomic E-state index is 12.0. The lowest BCUT2D eigenvalue weighted by Gasteiger charge is -2.09. The second-order valence-corrected chi connectivity index (χ2v) is 5.94. The quantitative estimate of drug-likeness (QED) is 0.947. The average Bonchev–Trinajstić information content (AvgIpc) is 2.34. The third-order valence-electron chi connectivity index (χ3n) is 2.12. The van der Waals surface area contributed by atoms with E-state index in [4.69, 9.17) is 23.2 Å². The van der Waals surface area contributed by atoms with E-state index in [1.165, 1.54) is 36.7 Å². The maximum absolute atomic E-state index is 12.0. The lowest BCUT2D eigenvalue weighted by molar-refractivity contribution is 0.601. The molecule has 0 aliphatic carbocycles. The molecule has 18 heavy (non-hydrogen) atoms. The zero-order chi connectivity index (χ0) is 13.2. The number of sulfonamides is 1. The molecular weight excluding hydrogens is 295 g/mol. The van der Waals surface area contributed by atoms with Crippen LogP contribution in [0.1, 0.15) is 0 Å². The van der Waals surface area contributed by atoms with Crippen LogP contribution in [0.3, 0.4) is 0 Å². The summed E-state index contributed by atoms with van der Waals surface area (Å²) in [6.07, 6.45) is 2.75. The topological polar surface area (TPSA) is 59.1 Å². The van der Waals surface area contributed by atoms with Crippen LogP contribution >= 0.6 is 23.2 Å². The number of hydrogen-bond acceptors (Lipinski definition) is 3. The smallest absolute Gasteiger partial charge is 0.263 e. The van der Waals surface area contributed by atoms with Gasteiger partial charge < -0.3 is 0 Å². The molecule has 0 saturated carbocycles. The number of benzene rings is 1. The molecule has 0 fully saturated rings. The Balaban J connectivity index is 2.34. The maximum Gasteiger partial charge on any atom is 0.263 e. The predicted octanol–water partition coefficient (Wildman–Crippen LogP) is 3.19. The molecule has 0 saturated heterocycles. The van der Waals surface area contributed by atoms with Crippen molar-refractivity contribution in [1.82, 2.24) is 4.98 Å². The Morgan fingerprint density at radius 3 is 2.56 bits per heavy atom. The summed E-state index contributed by atoms with van der Waals surface area (Å²) < 4.78 is 26.4. The van der Waals surface area contributed by atoms with Crippen LogP contribution in [0.2, 0.25) is 10.0 Å². The molecule has 1 heterocycles. The number of rotatable bonds is 3. The van der Waals surface area contributed by atoms with E-state index in [0.717, 1.165) is 0 Å². The summed E-state index contributed by atoms with van der Waals surface area (Å²) in [4.78, 5) is 3.82. The Labute approximate surface area is 115 Å². The third kappa shape index (κ3) is 2.93. The monoisotopic (exact) mass is 302 g/mol. The highest BCUT2D eigenvalue weighted by atomic mass is 35.5. The van der Waals surface area contributed by atoms with E-state index in [1.54, 1.807) is 6.07 Å². The second-order valence-electron chi connectivity index (χ2n) is 3.42. The van der Waals surface area contributed by atoms with Gasteiger partial charge in [-0.25, -0.2) is 8.42 Å². The van der Waals surface area contributed by atoms with E-state index in [0.29, 0.717) is 5.02 Å². The van der Waals surface area contributed by atoms with Crippen molar-refractivity contribution in [3.63, 3.8) is 0 Å². The summed E-state index contributed by atoms with van der Waals surface area (Å²) in [5.74, 6) is 0. The van der Waals surface area contributed by atoms with Gasteiger partial charge in [-0.05, 0) is 30.3 Å².